The summed E-state index contributed by atoms with van der Waals surface area (Å²) in [5.41, 5.74) is 7.56. The molecule has 2 nitrogen and oxygen atoms in total. The molecule has 0 atom stereocenters. The lowest BCUT2D eigenvalue weighted by molar-refractivity contribution is 0.453. The summed E-state index contributed by atoms with van der Waals surface area (Å²) in [5.74, 6) is 0. The second kappa shape index (κ2) is 2.94. The van der Waals surface area contributed by atoms with Crippen LogP contribution < -0.4 is 5.73 Å². The molecule has 0 aromatic carbocycles. The molecule has 66 valence electrons. The van der Waals surface area contributed by atoms with Crippen molar-refractivity contribution >= 4 is 0 Å². The predicted molar refractivity (Wildman–Crippen MR) is 50.0 cm³/mol. The summed E-state index contributed by atoms with van der Waals surface area (Å²) in [6.07, 6.45) is 9.29. The van der Waals surface area contributed by atoms with Gasteiger partial charge >= 0.3 is 0 Å². The van der Waals surface area contributed by atoms with Crippen molar-refractivity contribution in [3.8, 4) is 0 Å². The molecule has 2 rings (SSSR count). The Morgan fingerprint density at radius 2 is 2.17 bits per heavy atom. The van der Waals surface area contributed by atoms with Gasteiger partial charge in [0.25, 0.3) is 0 Å². The SMILES string of the molecule is NCC1(c2cc[nH]c2)CCCC1. The second-order valence-corrected chi connectivity index (χ2v) is 3.79. The van der Waals surface area contributed by atoms with E-state index in [9.17, 15) is 0 Å². The van der Waals surface area contributed by atoms with Crippen molar-refractivity contribution in [2.24, 2.45) is 5.73 Å². The van der Waals surface area contributed by atoms with Gasteiger partial charge in [-0.25, -0.2) is 0 Å². The fourth-order valence-electron chi connectivity index (χ4n) is 2.32. The van der Waals surface area contributed by atoms with E-state index in [0.717, 1.165) is 6.54 Å². The van der Waals surface area contributed by atoms with Gasteiger partial charge in [0.15, 0.2) is 0 Å². The Morgan fingerprint density at radius 3 is 2.67 bits per heavy atom. The van der Waals surface area contributed by atoms with Gasteiger partial charge in [0.1, 0.15) is 0 Å². The summed E-state index contributed by atoms with van der Waals surface area (Å²) in [4.78, 5) is 3.11. The quantitative estimate of drug-likeness (QED) is 0.687. The summed E-state index contributed by atoms with van der Waals surface area (Å²) < 4.78 is 0. The van der Waals surface area contributed by atoms with Crippen LogP contribution in [-0.2, 0) is 5.41 Å². The minimum atomic E-state index is 0.306. The number of aromatic nitrogens is 1. The average Bonchev–Trinajstić information content (AvgIpc) is 2.76. The largest absolute Gasteiger partial charge is 0.367 e. The average molecular weight is 164 g/mol. The summed E-state index contributed by atoms with van der Waals surface area (Å²) in [7, 11) is 0. The molecule has 0 spiro atoms. The Balaban J connectivity index is 2.28. The van der Waals surface area contributed by atoms with Crippen LogP contribution >= 0.6 is 0 Å². The van der Waals surface area contributed by atoms with Gasteiger partial charge in [0, 0.05) is 24.4 Å². The first-order chi connectivity index (χ1) is 5.87. The molecular weight excluding hydrogens is 148 g/mol. The Labute approximate surface area is 73.2 Å². The zero-order valence-electron chi connectivity index (χ0n) is 7.34. The van der Waals surface area contributed by atoms with Crippen molar-refractivity contribution in [1.82, 2.24) is 4.98 Å². The number of hydrogen-bond donors (Lipinski definition) is 2. The Bertz CT molecular complexity index is 232. The molecule has 1 saturated carbocycles. The van der Waals surface area contributed by atoms with Crippen LogP contribution in [0, 0.1) is 0 Å². The molecule has 0 radical (unpaired) electrons. The van der Waals surface area contributed by atoms with Crippen molar-refractivity contribution in [3.05, 3.63) is 24.0 Å². The van der Waals surface area contributed by atoms with Crippen LogP contribution in [0.1, 0.15) is 31.2 Å². The van der Waals surface area contributed by atoms with E-state index in [-0.39, 0.29) is 0 Å². The van der Waals surface area contributed by atoms with Crippen LogP contribution in [0.15, 0.2) is 18.5 Å². The Kier molecular flexibility index (Phi) is 1.93. The molecule has 0 aliphatic heterocycles. The standard InChI is InChI=1S/C10H16N2/c11-8-10(4-1-2-5-10)9-3-6-12-7-9/h3,6-7,12H,1-2,4-5,8,11H2. The van der Waals surface area contributed by atoms with Crippen LogP contribution in [0.2, 0.25) is 0 Å². The van der Waals surface area contributed by atoms with E-state index in [2.05, 4.69) is 17.2 Å². The van der Waals surface area contributed by atoms with Crippen LogP contribution in [0.4, 0.5) is 0 Å². The fourth-order valence-corrected chi connectivity index (χ4v) is 2.32. The summed E-state index contributed by atoms with van der Waals surface area (Å²) in [6, 6.07) is 2.16. The molecule has 0 amide bonds. The van der Waals surface area contributed by atoms with Crippen LogP contribution in [0.5, 0.6) is 0 Å². The molecule has 1 heterocycles. The predicted octanol–water partition coefficient (Wildman–Crippen LogP) is 1.79. The molecule has 1 aliphatic carbocycles. The van der Waals surface area contributed by atoms with Crippen molar-refractivity contribution in [3.63, 3.8) is 0 Å². The molecule has 1 aromatic rings. The van der Waals surface area contributed by atoms with Gasteiger partial charge in [-0.1, -0.05) is 12.8 Å². The van der Waals surface area contributed by atoms with E-state index in [0.29, 0.717) is 5.41 Å². The Morgan fingerprint density at radius 1 is 1.42 bits per heavy atom. The molecule has 2 heteroatoms. The van der Waals surface area contributed by atoms with E-state index in [1.165, 1.54) is 31.2 Å². The third-order valence-electron chi connectivity index (χ3n) is 3.16. The third-order valence-corrected chi connectivity index (χ3v) is 3.16. The number of H-pyrrole nitrogens is 1. The monoisotopic (exact) mass is 164 g/mol. The normalized spacial score (nSPS) is 21.4. The molecule has 0 bridgehead atoms. The lowest BCUT2D eigenvalue weighted by atomic mass is 9.80. The highest BCUT2D eigenvalue weighted by atomic mass is 14.7. The van der Waals surface area contributed by atoms with Crippen molar-refractivity contribution in [1.29, 1.82) is 0 Å². The highest BCUT2D eigenvalue weighted by Gasteiger charge is 2.34. The highest BCUT2D eigenvalue weighted by Crippen LogP contribution is 2.39. The smallest absolute Gasteiger partial charge is 0.00904 e. The summed E-state index contributed by atoms with van der Waals surface area (Å²) in [5, 5.41) is 0. The summed E-state index contributed by atoms with van der Waals surface area (Å²) >= 11 is 0. The number of aromatic amines is 1. The topological polar surface area (TPSA) is 41.8 Å². The minimum absolute atomic E-state index is 0.306. The van der Waals surface area contributed by atoms with Crippen molar-refractivity contribution < 1.29 is 0 Å². The van der Waals surface area contributed by atoms with Crippen molar-refractivity contribution in [2.75, 3.05) is 6.54 Å². The van der Waals surface area contributed by atoms with E-state index < -0.39 is 0 Å². The van der Waals surface area contributed by atoms with E-state index in [1.54, 1.807) is 0 Å². The molecule has 0 saturated heterocycles. The lowest BCUT2D eigenvalue weighted by Crippen LogP contribution is -2.31. The molecule has 1 aliphatic rings. The first kappa shape index (κ1) is 7.87. The van der Waals surface area contributed by atoms with Gasteiger partial charge in [0.2, 0.25) is 0 Å². The first-order valence-corrected chi connectivity index (χ1v) is 4.71. The maximum atomic E-state index is 5.85. The molecule has 0 unspecified atom stereocenters. The van der Waals surface area contributed by atoms with E-state index in [4.69, 9.17) is 5.73 Å². The van der Waals surface area contributed by atoms with Crippen LogP contribution in [0.3, 0.4) is 0 Å². The van der Waals surface area contributed by atoms with Gasteiger partial charge in [-0.05, 0) is 24.5 Å². The minimum Gasteiger partial charge on any atom is -0.367 e. The van der Waals surface area contributed by atoms with Gasteiger partial charge < -0.3 is 10.7 Å². The van der Waals surface area contributed by atoms with Gasteiger partial charge in [0.05, 0.1) is 0 Å². The fraction of sp³-hybridized carbons (Fsp3) is 0.600. The number of rotatable bonds is 2. The number of nitrogens with one attached hydrogen (secondary N) is 1. The maximum absolute atomic E-state index is 5.85. The highest BCUT2D eigenvalue weighted by molar-refractivity contribution is 5.24. The summed E-state index contributed by atoms with van der Waals surface area (Å²) in [6.45, 7) is 0.796. The number of nitrogens with two attached hydrogens (primary N) is 1. The molecule has 1 fully saturated rings. The van der Waals surface area contributed by atoms with E-state index >= 15 is 0 Å². The third kappa shape index (κ3) is 1.07. The Hall–Kier alpha value is -0.760. The maximum Gasteiger partial charge on any atom is 0.00904 e. The molecule has 1 aromatic heterocycles. The molecular formula is C10H16N2. The second-order valence-electron chi connectivity index (χ2n) is 3.79. The van der Waals surface area contributed by atoms with Crippen LogP contribution in [0.25, 0.3) is 0 Å². The van der Waals surface area contributed by atoms with Gasteiger partial charge in [-0.2, -0.15) is 0 Å². The van der Waals surface area contributed by atoms with Gasteiger partial charge in [-0.15, -0.1) is 0 Å². The zero-order valence-corrected chi connectivity index (χ0v) is 7.34. The van der Waals surface area contributed by atoms with Crippen molar-refractivity contribution in [2.45, 2.75) is 31.1 Å². The zero-order chi connectivity index (χ0) is 8.44. The first-order valence-electron chi connectivity index (χ1n) is 4.71. The lowest BCUT2D eigenvalue weighted by Gasteiger charge is -2.25. The van der Waals surface area contributed by atoms with Crippen LogP contribution in [-0.4, -0.2) is 11.5 Å². The molecule has 12 heavy (non-hydrogen) atoms. The molecule has 3 N–H and O–H groups in total. The van der Waals surface area contributed by atoms with E-state index in [1.807, 2.05) is 6.20 Å². The van der Waals surface area contributed by atoms with Gasteiger partial charge in [-0.3, -0.25) is 0 Å². The number of hydrogen-bond acceptors (Lipinski definition) is 1.